The lowest BCUT2D eigenvalue weighted by Gasteiger charge is -2.22. The van der Waals surface area contributed by atoms with Gasteiger partial charge in [0, 0.05) is 19.8 Å². The molecule has 17 heavy (non-hydrogen) atoms. The molecule has 0 aromatic carbocycles. The van der Waals surface area contributed by atoms with E-state index in [0.29, 0.717) is 18.9 Å². The van der Waals surface area contributed by atoms with Crippen molar-refractivity contribution in [1.82, 2.24) is 5.32 Å². The summed E-state index contributed by atoms with van der Waals surface area (Å²) in [6.07, 6.45) is 6.59. The van der Waals surface area contributed by atoms with Crippen molar-refractivity contribution >= 4 is 5.91 Å². The standard InChI is InChI=1S/C13H26N2O2/c1-10(11-6-3-4-7-11)15-13(16)12(14)8-5-9-17-2/h10-12H,3-9,14H2,1-2H3,(H,15,16)/t10-,12?/m1/s1. The second-order valence-electron chi connectivity index (χ2n) is 5.08. The molecule has 0 spiro atoms. The molecule has 3 N–H and O–H groups in total. The van der Waals surface area contributed by atoms with Crippen molar-refractivity contribution in [1.29, 1.82) is 0 Å². The number of carbonyl (C=O) groups excluding carboxylic acids is 1. The van der Waals surface area contributed by atoms with Gasteiger partial charge in [-0.2, -0.15) is 0 Å². The Bertz CT molecular complexity index is 227. The quantitative estimate of drug-likeness (QED) is 0.664. The van der Waals surface area contributed by atoms with E-state index in [1.165, 1.54) is 25.7 Å². The van der Waals surface area contributed by atoms with Crippen LogP contribution in [0.15, 0.2) is 0 Å². The van der Waals surface area contributed by atoms with Crippen molar-refractivity contribution < 1.29 is 9.53 Å². The molecule has 0 aliphatic heterocycles. The van der Waals surface area contributed by atoms with E-state index in [0.717, 1.165) is 6.42 Å². The summed E-state index contributed by atoms with van der Waals surface area (Å²) in [4.78, 5) is 11.8. The van der Waals surface area contributed by atoms with Gasteiger partial charge in [0.2, 0.25) is 5.91 Å². The highest BCUT2D eigenvalue weighted by Gasteiger charge is 2.24. The summed E-state index contributed by atoms with van der Waals surface area (Å²) in [6.45, 7) is 2.76. The Kier molecular flexibility index (Phi) is 6.52. The van der Waals surface area contributed by atoms with E-state index < -0.39 is 6.04 Å². The van der Waals surface area contributed by atoms with Gasteiger partial charge in [-0.25, -0.2) is 0 Å². The Hall–Kier alpha value is -0.610. The summed E-state index contributed by atoms with van der Waals surface area (Å²) >= 11 is 0. The predicted molar refractivity (Wildman–Crippen MR) is 68.6 cm³/mol. The molecule has 0 heterocycles. The number of hydrogen-bond acceptors (Lipinski definition) is 3. The Morgan fingerprint density at radius 3 is 2.71 bits per heavy atom. The summed E-state index contributed by atoms with van der Waals surface area (Å²) < 4.78 is 4.95. The average Bonchev–Trinajstić information content (AvgIpc) is 2.82. The molecule has 0 saturated heterocycles. The minimum Gasteiger partial charge on any atom is -0.385 e. The number of ether oxygens (including phenoxy) is 1. The van der Waals surface area contributed by atoms with Crippen LogP contribution in [0.4, 0.5) is 0 Å². The third kappa shape index (κ3) is 5.04. The fourth-order valence-electron chi connectivity index (χ4n) is 2.49. The molecule has 4 nitrogen and oxygen atoms in total. The molecule has 0 aromatic heterocycles. The minimum absolute atomic E-state index is 0.0134. The average molecular weight is 242 g/mol. The monoisotopic (exact) mass is 242 g/mol. The van der Waals surface area contributed by atoms with Crippen LogP contribution in [-0.2, 0) is 9.53 Å². The lowest BCUT2D eigenvalue weighted by Crippen LogP contribution is -2.46. The number of nitrogens with two attached hydrogens (primary N) is 1. The number of carbonyl (C=O) groups is 1. The van der Waals surface area contributed by atoms with E-state index >= 15 is 0 Å². The van der Waals surface area contributed by atoms with Gasteiger partial charge >= 0.3 is 0 Å². The summed E-state index contributed by atoms with van der Waals surface area (Å²) in [7, 11) is 1.66. The molecule has 0 bridgehead atoms. The Morgan fingerprint density at radius 2 is 2.12 bits per heavy atom. The van der Waals surface area contributed by atoms with E-state index in [9.17, 15) is 4.79 Å². The third-order valence-corrected chi connectivity index (χ3v) is 3.68. The molecule has 2 atom stereocenters. The van der Waals surface area contributed by atoms with Crippen molar-refractivity contribution in [3.63, 3.8) is 0 Å². The van der Waals surface area contributed by atoms with Crippen molar-refractivity contribution in [3.8, 4) is 0 Å². The van der Waals surface area contributed by atoms with Crippen LogP contribution in [0.25, 0.3) is 0 Å². The van der Waals surface area contributed by atoms with Crippen LogP contribution in [0.1, 0.15) is 45.4 Å². The van der Waals surface area contributed by atoms with E-state index in [1.54, 1.807) is 7.11 Å². The van der Waals surface area contributed by atoms with Crippen LogP contribution >= 0.6 is 0 Å². The fraction of sp³-hybridized carbons (Fsp3) is 0.923. The number of methoxy groups -OCH3 is 1. The summed E-state index contributed by atoms with van der Waals surface area (Å²) in [5, 5.41) is 3.04. The first kappa shape index (κ1) is 14.5. The van der Waals surface area contributed by atoms with Crippen LogP contribution in [0, 0.1) is 5.92 Å². The second kappa shape index (κ2) is 7.67. The zero-order valence-corrected chi connectivity index (χ0v) is 11.1. The van der Waals surface area contributed by atoms with Gasteiger partial charge in [0.05, 0.1) is 6.04 Å². The maximum Gasteiger partial charge on any atom is 0.237 e. The van der Waals surface area contributed by atoms with E-state index in [-0.39, 0.29) is 11.9 Å². The molecule has 0 radical (unpaired) electrons. The zero-order chi connectivity index (χ0) is 12.7. The molecule has 4 heteroatoms. The maximum absolute atomic E-state index is 11.8. The Morgan fingerprint density at radius 1 is 1.47 bits per heavy atom. The highest BCUT2D eigenvalue weighted by Crippen LogP contribution is 2.27. The van der Waals surface area contributed by atoms with Crippen LogP contribution in [0.3, 0.4) is 0 Å². The van der Waals surface area contributed by atoms with Crippen molar-refractivity contribution in [2.75, 3.05) is 13.7 Å². The highest BCUT2D eigenvalue weighted by atomic mass is 16.5. The van der Waals surface area contributed by atoms with Crippen molar-refractivity contribution in [2.45, 2.75) is 57.5 Å². The van der Waals surface area contributed by atoms with Gasteiger partial charge < -0.3 is 15.8 Å². The normalized spacial score (nSPS) is 20.2. The number of nitrogens with one attached hydrogen (secondary N) is 1. The zero-order valence-electron chi connectivity index (χ0n) is 11.1. The number of rotatable bonds is 7. The second-order valence-corrected chi connectivity index (χ2v) is 5.08. The van der Waals surface area contributed by atoms with Gasteiger partial charge in [0.25, 0.3) is 0 Å². The Labute approximate surface area is 104 Å². The fourth-order valence-corrected chi connectivity index (χ4v) is 2.49. The van der Waals surface area contributed by atoms with Crippen molar-refractivity contribution in [3.05, 3.63) is 0 Å². The van der Waals surface area contributed by atoms with Crippen LogP contribution < -0.4 is 11.1 Å². The van der Waals surface area contributed by atoms with Gasteiger partial charge in [0.15, 0.2) is 0 Å². The minimum atomic E-state index is -0.394. The van der Waals surface area contributed by atoms with Gasteiger partial charge in [-0.15, -0.1) is 0 Å². The number of hydrogen-bond donors (Lipinski definition) is 2. The first-order valence-corrected chi connectivity index (χ1v) is 6.70. The molecule has 1 fully saturated rings. The van der Waals surface area contributed by atoms with E-state index in [2.05, 4.69) is 12.2 Å². The lowest BCUT2D eigenvalue weighted by molar-refractivity contribution is -0.123. The molecule has 1 aliphatic carbocycles. The van der Waals surface area contributed by atoms with E-state index in [4.69, 9.17) is 10.5 Å². The molecule has 0 aromatic rings. The molecule has 1 unspecified atom stereocenters. The van der Waals surface area contributed by atoms with Crippen LogP contribution in [0.5, 0.6) is 0 Å². The van der Waals surface area contributed by atoms with Gasteiger partial charge in [-0.05, 0) is 38.5 Å². The van der Waals surface area contributed by atoms with Gasteiger partial charge in [-0.1, -0.05) is 12.8 Å². The summed E-state index contributed by atoms with van der Waals surface area (Å²) in [6, 6.07) is -0.132. The smallest absolute Gasteiger partial charge is 0.237 e. The number of amides is 1. The topological polar surface area (TPSA) is 64.3 Å². The molecule has 1 rings (SSSR count). The van der Waals surface area contributed by atoms with Crippen LogP contribution in [0.2, 0.25) is 0 Å². The largest absolute Gasteiger partial charge is 0.385 e. The summed E-state index contributed by atoms with van der Waals surface area (Å²) in [5.41, 5.74) is 5.84. The third-order valence-electron chi connectivity index (χ3n) is 3.68. The summed E-state index contributed by atoms with van der Waals surface area (Å²) in [5.74, 6) is 0.630. The Balaban J connectivity index is 2.22. The maximum atomic E-state index is 11.8. The lowest BCUT2D eigenvalue weighted by atomic mass is 9.99. The molecular weight excluding hydrogens is 216 g/mol. The molecule has 1 saturated carbocycles. The van der Waals surface area contributed by atoms with E-state index in [1.807, 2.05) is 0 Å². The molecular formula is C13H26N2O2. The SMILES string of the molecule is COCCCC(N)C(=O)N[C@H](C)C1CCCC1. The molecule has 1 amide bonds. The first-order chi connectivity index (χ1) is 8.15. The first-order valence-electron chi connectivity index (χ1n) is 6.70. The molecule has 1 aliphatic rings. The van der Waals surface area contributed by atoms with Crippen molar-refractivity contribution in [2.24, 2.45) is 11.7 Å². The van der Waals surface area contributed by atoms with Gasteiger partial charge in [0.1, 0.15) is 0 Å². The van der Waals surface area contributed by atoms with Gasteiger partial charge in [-0.3, -0.25) is 4.79 Å². The highest BCUT2D eigenvalue weighted by molar-refractivity contribution is 5.81. The predicted octanol–water partition coefficient (Wildman–Crippen LogP) is 1.44. The van der Waals surface area contributed by atoms with Crippen LogP contribution in [-0.4, -0.2) is 31.7 Å². The molecule has 100 valence electrons.